The van der Waals surface area contributed by atoms with Gasteiger partial charge in [0.05, 0.1) is 0 Å². The van der Waals surface area contributed by atoms with Gasteiger partial charge in [0.25, 0.3) is 0 Å². The maximum absolute atomic E-state index is 10.8. The van der Waals surface area contributed by atoms with Crippen LogP contribution in [0.5, 0.6) is 0 Å². The number of aliphatic hydroxyl groups is 1. The molecule has 3 heteroatoms. The first-order chi connectivity index (χ1) is 8.66. The van der Waals surface area contributed by atoms with Crippen LogP contribution in [0.1, 0.15) is 16.7 Å². The van der Waals surface area contributed by atoms with Crippen LogP contribution in [0, 0.1) is 16.8 Å². The van der Waals surface area contributed by atoms with E-state index < -0.39 is 5.60 Å². The van der Waals surface area contributed by atoms with Crippen molar-refractivity contribution in [3.63, 3.8) is 0 Å². The molecule has 0 fully saturated rings. The molecule has 1 heterocycles. The molecule has 0 bridgehead atoms. The molecule has 0 saturated carbocycles. The minimum absolute atomic E-state index is 0.679. The van der Waals surface area contributed by atoms with Gasteiger partial charge in [0.2, 0.25) is 0 Å². The Hall–Kier alpha value is -1.38. The third kappa shape index (κ3) is 2.55. The van der Waals surface area contributed by atoms with E-state index in [1.54, 1.807) is 18.5 Å². The lowest BCUT2D eigenvalue weighted by Gasteiger charge is -2.23. The van der Waals surface area contributed by atoms with E-state index in [2.05, 4.69) is 14.8 Å². The lowest BCUT2D eigenvalue weighted by Crippen LogP contribution is -2.25. The van der Waals surface area contributed by atoms with Crippen LogP contribution >= 0.6 is 22.6 Å². The molecule has 2 rings (SSSR count). The summed E-state index contributed by atoms with van der Waals surface area (Å²) in [5, 5.41) is 10.8. The van der Waals surface area contributed by atoms with Crippen molar-refractivity contribution in [2.24, 2.45) is 0 Å². The van der Waals surface area contributed by atoms with Crippen molar-refractivity contribution in [2.45, 2.75) is 12.5 Å². The first-order valence-corrected chi connectivity index (χ1v) is 6.57. The second kappa shape index (κ2) is 5.51. The van der Waals surface area contributed by atoms with Crippen molar-refractivity contribution in [1.29, 1.82) is 0 Å². The van der Waals surface area contributed by atoms with E-state index in [1.165, 1.54) is 0 Å². The minimum Gasteiger partial charge on any atom is -0.369 e. The van der Waals surface area contributed by atoms with Gasteiger partial charge in [-0.1, -0.05) is 35.9 Å². The zero-order chi connectivity index (χ0) is 13.0. The molecule has 0 unspecified atom stereocenters. The minimum atomic E-state index is -1.30. The van der Waals surface area contributed by atoms with Crippen molar-refractivity contribution in [2.75, 3.05) is 0 Å². The molecule has 0 spiro atoms. The fourth-order valence-corrected chi connectivity index (χ4v) is 2.14. The smallest absolute Gasteiger partial charge is 0.179 e. The molecular weight excluding hydrogens is 337 g/mol. The van der Waals surface area contributed by atoms with Crippen molar-refractivity contribution in [1.82, 2.24) is 4.98 Å². The van der Waals surface area contributed by atoms with Crippen LogP contribution in [0.2, 0.25) is 0 Å². The SMILES string of the molecule is Cc1ccc([C@@](O)(C#CI)c2cccnc2)cc1. The summed E-state index contributed by atoms with van der Waals surface area (Å²) in [5.41, 5.74) is 1.28. The first-order valence-electron chi connectivity index (χ1n) is 5.49. The summed E-state index contributed by atoms with van der Waals surface area (Å²) in [6.07, 6.45) is 3.32. The highest BCUT2D eigenvalue weighted by atomic mass is 127. The van der Waals surface area contributed by atoms with Crippen LogP contribution in [0.3, 0.4) is 0 Å². The summed E-state index contributed by atoms with van der Waals surface area (Å²) < 4.78 is 2.76. The maximum atomic E-state index is 10.8. The molecule has 0 aliphatic rings. The highest BCUT2D eigenvalue weighted by Crippen LogP contribution is 2.28. The Morgan fingerprint density at radius 1 is 1.17 bits per heavy atom. The predicted molar refractivity (Wildman–Crippen MR) is 80.2 cm³/mol. The van der Waals surface area contributed by atoms with Gasteiger partial charge in [0.15, 0.2) is 5.60 Å². The number of hydrogen-bond donors (Lipinski definition) is 1. The van der Waals surface area contributed by atoms with Gasteiger partial charge < -0.3 is 5.11 Å². The number of rotatable bonds is 2. The summed E-state index contributed by atoms with van der Waals surface area (Å²) in [6.45, 7) is 2.01. The van der Waals surface area contributed by atoms with E-state index in [9.17, 15) is 5.11 Å². The molecule has 90 valence electrons. The van der Waals surface area contributed by atoms with E-state index >= 15 is 0 Å². The summed E-state index contributed by atoms with van der Waals surface area (Å²) in [4.78, 5) is 4.05. The van der Waals surface area contributed by atoms with Gasteiger partial charge in [0.1, 0.15) is 0 Å². The molecule has 1 aromatic heterocycles. The number of nitrogens with zero attached hydrogens (tertiary/aromatic N) is 1. The average molecular weight is 349 g/mol. The lowest BCUT2D eigenvalue weighted by molar-refractivity contribution is 0.145. The summed E-state index contributed by atoms with van der Waals surface area (Å²) >= 11 is 1.93. The molecule has 0 aliphatic heterocycles. The summed E-state index contributed by atoms with van der Waals surface area (Å²) in [6, 6.07) is 11.3. The normalized spacial score (nSPS) is 13.3. The molecule has 1 aromatic carbocycles. The Balaban J connectivity index is 2.57. The zero-order valence-corrected chi connectivity index (χ0v) is 12.0. The Bertz CT molecular complexity index is 583. The van der Waals surface area contributed by atoms with Crippen LogP contribution in [0.25, 0.3) is 0 Å². The number of aryl methyl sites for hydroxylation is 1. The molecule has 18 heavy (non-hydrogen) atoms. The van der Waals surface area contributed by atoms with Crippen molar-refractivity contribution < 1.29 is 5.11 Å². The van der Waals surface area contributed by atoms with Crippen LogP contribution in [0.15, 0.2) is 48.8 Å². The molecule has 2 aromatic rings. The Kier molecular flexibility index (Phi) is 4.00. The molecule has 0 amide bonds. The van der Waals surface area contributed by atoms with Crippen molar-refractivity contribution in [3.05, 3.63) is 65.5 Å². The highest BCUT2D eigenvalue weighted by molar-refractivity contribution is 14.1. The fraction of sp³-hybridized carbons (Fsp3) is 0.133. The van der Waals surface area contributed by atoms with Gasteiger partial charge >= 0.3 is 0 Å². The number of aromatic nitrogens is 1. The quantitative estimate of drug-likeness (QED) is 0.668. The van der Waals surface area contributed by atoms with Gasteiger partial charge in [-0.15, -0.1) is 0 Å². The molecule has 0 saturated heterocycles. The van der Waals surface area contributed by atoms with E-state index in [1.807, 2.05) is 59.8 Å². The molecule has 0 aliphatic carbocycles. The van der Waals surface area contributed by atoms with E-state index in [0.717, 1.165) is 11.1 Å². The number of benzene rings is 1. The second-order valence-electron chi connectivity index (χ2n) is 4.04. The van der Waals surface area contributed by atoms with Gasteiger partial charge in [-0.3, -0.25) is 4.98 Å². The monoisotopic (exact) mass is 349 g/mol. The Labute approximate surface area is 120 Å². The van der Waals surface area contributed by atoms with Crippen LogP contribution in [-0.4, -0.2) is 10.1 Å². The Morgan fingerprint density at radius 2 is 1.89 bits per heavy atom. The maximum Gasteiger partial charge on any atom is 0.179 e. The third-order valence-corrected chi connectivity index (χ3v) is 3.05. The zero-order valence-electron chi connectivity index (χ0n) is 9.89. The van der Waals surface area contributed by atoms with Crippen LogP contribution in [0.4, 0.5) is 0 Å². The fourth-order valence-electron chi connectivity index (χ4n) is 1.75. The number of hydrogen-bond acceptors (Lipinski definition) is 2. The van der Waals surface area contributed by atoms with Gasteiger partial charge in [0, 0.05) is 46.1 Å². The van der Waals surface area contributed by atoms with E-state index in [4.69, 9.17) is 0 Å². The van der Waals surface area contributed by atoms with Gasteiger partial charge in [-0.2, -0.15) is 0 Å². The van der Waals surface area contributed by atoms with E-state index in [-0.39, 0.29) is 0 Å². The van der Waals surface area contributed by atoms with Crippen LogP contribution < -0.4 is 0 Å². The largest absolute Gasteiger partial charge is 0.369 e. The molecule has 2 nitrogen and oxygen atoms in total. The summed E-state index contributed by atoms with van der Waals surface area (Å²) in [5.74, 6) is 2.86. The third-order valence-electron chi connectivity index (χ3n) is 2.78. The lowest BCUT2D eigenvalue weighted by atomic mass is 9.88. The van der Waals surface area contributed by atoms with Gasteiger partial charge in [-0.25, -0.2) is 0 Å². The molecule has 1 N–H and O–H groups in total. The predicted octanol–water partition coefficient (Wildman–Crippen LogP) is 3.02. The number of pyridine rings is 1. The molecular formula is C15H12INO. The molecule has 1 atom stereocenters. The topological polar surface area (TPSA) is 33.1 Å². The highest BCUT2D eigenvalue weighted by Gasteiger charge is 2.29. The summed E-state index contributed by atoms with van der Waals surface area (Å²) in [7, 11) is 0. The standard InChI is InChI=1S/C15H12INO/c1-12-4-6-13(7-5-12)15(18,8-9-16)14-3-2-10-17-11-14/h2-7,10-11,18H,1H3/t15-/m0/s1. The first kappa shape index (κ1) is 13.1. The van der Waals surface area contributed by atoms with Crippen molar-refractivity contribution in [3.8, 4) is 9.85 Å². The molecule has 0 radical (unpaired) electrons. The van der Waals surface area contributed by atoms with E-state index in [0.29, 0.717) is 5.56 Å². The average Bonchev–Trinajstić information content (AvgIpc) is 2.40. The number of halogens is 1. The van der Waals surface area contributed by atoms with Crippen LogP contribution in [-0.2, 0) is 5.60 Å². The van der Waals surface area contributed by atoms with Crippen molar-refractivity contribution >= 4 is 22.6 Å². The van der Waals surface area contributed by atoms with Gasteiger partial charge in [-0.05, 0) is 22.8 Å². The Morgan fingerprint density at radius 3 is 2.44 bits per heavy atom. The second-order valence-corrected chi connectivity index (χ2v) is 4.58.